The summed E-state index contributed by atoms with van der Waals surface area (Å²) >= 11 is 1.49. The van der Waals surface area contributed by atoms with Crippen molar-refractivity contribution < 1.29 is 19.1 Å². The first kappa shape index (κ1) is 21.5. The van der Waals surface area contributed by atoms with Crippen molar-refractivity contribution in [1.82, 2.24) is 9.80 Å². The molecule has 0 aromatic heterocycles. The second kappa shape index (κ2) is 7.89. The number of rotatable bonds is 1. The van der Waals surface area contributed by atoms with Crippen LogP contribution in [0.2, 0.25) is 0 Å². The highest BCUT2D eigenvalue weighted by Gasteiger charge is 2.37. The second-order valence-electron chi connectivity index (χ2n) is 8.76. The molecule has 7 nitrogen and oxygen atoms in total. The molecule has 0 saturated carbocycles. The van der Waals surface area contributed by atoms with Gasteiger partial charge in [0.05, 0.1) is 10.9 Å². The number of nitrogens with zero attached hydrogens (tertiary/aromatic N) is 2. The van der Waals surface area contributed by atoms with E-state index in [1.165, 1.54) is 11.8 Å². The van der Waals surface area contributed by atoms with Crippen LogP contribution in [0, 0.1) is 0 Å². The number of benzene rings is 1. The first-order valence-corrected chi connectivity index (χ1v) is 10.8. The Bertz CT molecular complexity index is 824. The van der Waals surface area contributed by atoms with Gasteiger partial charge in [-0.1, -0.05) is 0 Å². The van der Waals surface area contributed by atoms with E-state index in [0.29, 0.717) is 24.3 Å². The molecule has 1 N–H and O–H groups in total. The van der Waals surface area contributed by atoms with Gasteiger partial charge < -0.3 is 19.9 Å². The van der Waals surface area contributed by atoms with Crippen LogP contribution in [-0.4, -0.2) is 63.7 Å². The van der Waals surface area contributed by atoms with E-state index in [9.17, 15) is 14.4 Å². The van der Waals surface area contributed by atoms with E-state index in [2.05, 4.69) is 5.32 Å². The highest BCUT2D eigenvalue weighted by Crippen LogP contribution is 2.36. The zero-order chi connectivity index (χ0) is 21.5. The van der Waals surface area contributed by atoms with Gasteiger partial charge in [0, 0.05) is 35.6 Å². The summed E-state index contributed by atoms with van der Waals surface area (Å²) in [5.41, 5.74) is 0.653. The molecule has 3 rings (SSSR count). The number of ether oxygens (including phenoxy) is 1. The Hall–Kier alpha value is -2.22. The van der Waals surface area contributed by atoms with E-state index in [0.717, 1.165) is 4.90 Å². The SMILES string of the molecule is C[C@@H]1Sc2ccc(C(=O)N3[C@H](C)CN(C(=O)OC(C)(C)C)C[C@H]3C)cc2NC1=O. The Morgan fingerprint density at radius 1 is 1.14 bits per heavy atom. The average Bonchev–Trinajstić information content (AvgIpc) is 2.60. The smallest absolute Gasteiger partial charge is 0.410 e. The Morgan fingerprint density at radius 2 is 1.76 bits per heavy atom. The Labute approximate surface area is 176 Å². The van der Waals surface area contributed by atoms with E-state index in [1.807, 2.05) is 52.5 Å². The summed E-state index contributed by atoms with van der Waals surface area (Å²) in [6, 6.07) is 5.12. The number of amides is 3. The maximum atomic E-state index is 13.2. The largest absolute Gasteiger partial charge is 0.444 e. The van der Waals surface area contributed by atoms with Crippen LogP contribution in [0.1, 0.15) is 51.9 Å². The highest BCUT2D eigenvalue weighted by molar-refractivity contribution is 8.00. The summed E-state index contributed by atoms with van der Waals surface area (Å²) in [7, 11) is 0. The standard InChI is InChI=1S/C21H29N3O4S/c1-12-10-23(20(27)28-21(4,5)6)11-13(2)24(12)19(26)15-7-8-17-16(9-15)22-18(25)14(3)29-17/h7-9,12-14H,10-11H2,1-6H3,(H,22,25)/t12-,13-,14+/m1/s1. The van der Waals surface area contributed by atoms with Gasteiger partial charge in [-0.05, 0) is 59.7 Å². The Morgan fingerprint density at radius 3 is 2.34 bits per heavy atom. The molecule has 158 valence electrons. The molecule has 2 heterocycles. The topological polar surface area (TPSA) is 79.0 Å². The van der Waals surface area contributed by atoms with Crippen molar-refractivity contribution in [1.29, 1.82) is 0 Å². The van der Waals surface area contributed by atoms with Crippen LogP contribution in [0.25, 0.3) is 0 Å². The van der Waals surface area contributed by atoms with E-state index in [1.54, 1.807) is 17.0 Å². The van der Waals surface area contributed by atoms with E-state index in [4.69, 9.17) is 4.74 Å². The van der Waals surface area contributed by atoms with E-state index < -0.39 is 5.60 Å². The molecule has 1 aromatic carbocycles. The number of hydrogen-bond acceptors (Lipinski definition) is 5. The summed E-state index contributed by atoms with van der Waals surface area (Å²) in [6.07, 6.45) is -0.356. The summed E-state index contributed by atoms with van der Waals surface area (Å²) in [5, 5.41) is 2.73. The van der Waals surface area contributed by atoms with Crippen molar-refractivity contribution in [2.75, 3.05) is 18.4 Å². The molecule has 3 amide bonds. The quantitative estimate of drug-likeness (QED) is 0.753. The second-order valence-corrected chi connectivity index (χ2v) is 10.1. The van der Waals surface area contributed by atoms with Gasteiger partial charge in [0.25, 0.3) is 5.91 Å². The van der Waals surface area contributed by atoms with Gasteiger partial charge in [-0.25, -0.2) is 4.79 Å². The number of nitrogens with one attached hydrogen (secondary N) is 1. The van der Waals surface area contributed by atoms with Gasteiger partial charge in [-0.15, -0.1) is 11.8 Å². The van der Waals surface area contributed by atoms with Crippen molar-refractivity contribution in [3.05, 3.63) is 23.8 Å². The number of thioether (sulfide) groups is 1. The van der Waals surface area contributed by atoms with Gasteiger partial charge in [-0.2, -0.15) is 0 Å². The minimum Gasteiger partial charge on any atom is -0.444 e. The summed E-state index contributed by atoms with van der Waals surface area (Å²) in [4.78, 5) is 42.1. The monoisotopic (exact) mass is 419 g/mol. The average molecular weight is 420 g/mol. The molecule has 3 atom stereocenters. The molecule has 29 heavy (non-hydrogen) atoms. The van der Waals surface area contributed by atoms with Crippen molar-refractivity contribution in [3.63, 3.8) is 0 Å². The Balaban J connectivity index is 1.74. The minimum atomic E-state index is -0.556. The zero-order valence-corrected chi connectivity index (χ0v) is 18.6. The predicted octanol–water partition coefficient (Wildman–Crippen LogP) is 3.59. The summed E-state index contributed by atoms with van der Waals surface area (Å²) < 4.78 is 5.48. The molecule has 1 saturated heterocycles. The van der Waals surface area contributed by atoms with Crippen LogP contribution in [0.5, 0.6) is 0 Å². The lowest BCUT2D eigenvalue weighted by Gasteiger charge is -2.44. The van der Waals surface area contributed by atoms with Gasteiger partial charge in [0.2, 0.25) is 5.91 Å². The van der Waals surface area contributed by atoms with Crippen molar-refractivity contribution >= 4 is 35.4 Å². The lowest BCUT2D eigenvalue weighted by Crippen LogP contribution is -2.60. The predicted molar refractivity (Wildman–Crippen MR) is 113 cm³/mol. The van der Waals surface area contributed by atoms with Crippen molar-refractivity contribution in [3.8, 4) is 0 Å². The number of hydrogen-bond donors (Lipinski definition) is 1. The first-order chi connectivity index (χ1) is 13.5. The van der Waals surface area contributed by atoms with E-state index >= 15 is 0 Å². The molecule has 2 aliphatic heterocycles. The lowest BCUT2D eigenvalue weighted by atomic mass is 10.0. The molecule has 0 radical (unpaired) electrons. The number of anilines is 1. The van der Waals surface area contributed by atoms with Gasteiger partial charge >= 0.3 is 6.09 Å². The van der Waals surface area contributed by atoms with Crippen LogP contribution >= 0.6 is 11.8 Å². The molecular formula is C21H29N3O4S. The van der Waals surface area contributed by atoms with Crippen LogP contribution in [0.15, 0.2) is 23.1 Å². The van der Waals surface area contributed by atoms with Gasteiger partial charge in [-0.3, -0.25) is 9.59 Å². The maximum Gasteiger partial charge on any atom is 0.410 e. The summed E-state index contributed by atoms with van der Waals surface area (Å²) in [6.45, 7) is 12.1. The zero-order valence-electron chi connectivity index (χ0n) is 17.8. The molecule has 0 aliphatic carbocycles. The third-order valence-electron chi connectivity index (χ3n) is 4.96. The number of fused-ring (bicyclic) bond motifs is 1. The van der Waals surface area contributed by atoms with E-state index in [-0.39, 0.29) is 35.2 Å². The minimum absolute atomic E-state index is 0.0557. The molecule has 1 aromatic rings. The third-order valence-corrected chi connectivity index (χ3v) is 6.14. The van der Waals surface area contributed by atoms with Crippen LogP contribution in [0.3, 0.4) is 0 Å². The fourth-order valence-corrected chi connectivity index (χ4v) is 4.62. The molecule has 8 heteroatoms. The van der Waals surface area contributed by atoms with Crippen LogP contribution < -0.4 is 5.32 Å². The molecule has 0 bridgehead atoms. The van der Waals surface area contributed by atoms with Crippen molar-refractivity contribution in [2.24, 2.45) is 0 Å². The molecule has 0 unspecified atom stereocenters. The first-order valence-electron chi connectivity index (χ1n) is 9.88. The van der Waals surface area contributed by atoms with Gasteiger partial charge in [0.15, 0.2) is 0 Å². The molecule has 1 fully saturated rings. The number of carbonyl (C=O) groups excluding carboxylic acids is 3. The normalized spacial score (nSPS) is 24.6. The van der Waals surface area contributed by atoms with Crippen LogP contribution in [0.4, 0.5) is 10.5 Å². The fourth-order valence-electron chi connectivity index (χ4n) is 3.69. The summed E-state index contributed by atoms with van der Waals surface area (Å²) in [5.74, 6) is -0.158. The van der Waals surface area contributed by atoms with Crippen LogP contribution in [-0.2, 0) is 9.53 Å². The molecule has 2 aliphatic rings. The number of carbonyl (C=O) groups is 3. The highest BCUT2D eigenvalue weighted by atomic mass is 32.2. The molecule has 0 spiro atoms. The lowest BCUT2D eigenvalue weighted by molar-refractivity contribution is -0.115. The van der Waals surface area contributed by atoms with Crippen molar-refractivity contribution in [2.45, 2.75) is 69.4 Å². The maximum absolute atomic E-state index is 13.2. The Kier molecular flexibility index (Phi) is 5.85. The third kappa shape index (κ3) is 4.69. The molecular weight excluding hydrogens is 390 g/mol. The number of piperazine rings is 1. The fraction of sp³-hybridized carbons (Fsp3) is 0.571. The van der Waals surface area contributed by atoms with Gasteiger partial charge in [0.1, 0.15) is 5.60 Å².